The maximum atomic E-state index is 8.78. The molecule has 1 aliphatic heterocycles. The quantitative estimate of drug-likeness (QED) is 0.149. The molecule has 11 aromatic rings. The summed E-state index contributed by atoms with van der Waals surface area (Å²) in [5.74, 6) is 1.46. The van der Waals surface area contributed by atoms with Crippen LogP contribution in [0.25, 0.3) is 71.8 Å². The molecule has 0 unspecified atom stereocenters. The molecule has 324 valence electrons. The van der Waals surface area contributed by atoms with Crippen LogP contribution in [0.4, 0.5) is 22.7 Å². The molecular formula is C59H43N4O2Pt-3. The standard InChI is InChI=1S/C59H43N4O2.Pt/c1-38-30-58(60-36-51(38)41-15-11-14-39(31-41)40-26-28-50-49-21-6-10-25-56(49)65-57(50)32-40)63-52-22-7-5-20-47(52)48-29-27-46(35-55(48)63)64-45-19-13-18-44(34-45)62-37-61(53-23-8-9-24-54(53)62)43-17-12-16-42(33-43)59(2,3)4;/h5-33,36-37H,1-4H3;/q-3;/i1D3;. The van der Waals surface area contributed by atoms with Gasteiger partial charge in [-0.3, -0.25) is 0 Å². The molecule has 0 atom stereocenters. The number of aromatic nitrogens is 2. The molecule has 0 saturated heterocycles. The van der Waals surface area contributed by atoms with Gasteiger partial charge in [-0.1, -0.05) is 111 Å². The van der Waals surface area contributed by atoms with E-state index in [4.69, 9.17) is 18.3 Å². The third-order valence-corrected chi connectivity index (χ3v) is 12.4. The van der Waals surface area contributed by atoms with Crippen molar-refractivity contribution in [3.8, 4) is 39.6 Å². The zero-order chi connectivity index (χ0) is 46.3. The first-order valence-corrected chi connectivity index (χ1v) is 21.8. The van der Waals surface area contributed by atoms with Gasteiger partial charge in [0.2, 0.25) is 0 Å². The Morgan fingerprint density at radius 1 is 0.606 bits per heavy atom. The molecule has 0 fully saturated rings. The first-order valence-electron chi connectivity index (χ1n) is 23.3. The number of benzene rings is 8. The smallest absolute Gasteiger partial charge is 0.136 e. The van der Waals surface area contributed by atoms with Crippen LogP contribution in [0.15, 0.2) is 187 Å². The van der Waals surface area contributed by atoms with E-state index in [2.05, 4.69) is 116 Å². The summed E-state index contributed by atoms with van der Waals surface area (Å²) >= 11 is 0. The summed E-state index contributed by atoms with van der Waals surface area (Å²) in [5.41, 5.74) is 11.8. The number of para-hydroxylation sites is 4. The minimum Gasteiger partial charge on any atom is -0.509 e. The fourth-order valence-corrected chi connectivity index (χ4v) is 9.13. The Morgan fingerprint density at radius 3 is 2.18 bits per heavy atom. The summed E-state index contributed by atoms with van der Waals surface area (Å²) in [6.45, 7) is 6.34. The van der Waals surface area contributed by atoms with Gasteiger partial charge in [0.1, 0.15) is 17.0 Å². The summed E-state index contributed by atoms with van der Waals surface area (Å²) in [5, 5.41) is 4.03. The van der Waals surface area contributed by atoms with E-state index >= 15 is 0 Å². The molecule has 7 heteroatoms. The third-order valence-electron chi connectivity index (χ3n) is 12.4. The van der Waals surface area contributed by atoms with Crippen molar-refractivity contribution in [2.45, 2.75) is 33.0 Å². The third kappa shape index (κ3) is 7.13. The zero-order valence-electron chi connectivity index (χ0n) is 39.3. The van der Waals surface area contributed by atoms with Gasteiger partial charge in [-0.05, 0) is 106 Å². The van der Waals surface area contributed by atoms with Crippen LogP contribution in [0.1, 0.15) is 36.0 Å². The van der Waals surface area contributed by atoms with Crippen LogP contribution in [-0.4, -0.2) is 9.55 Å². The van der Waals surface area contributed by atoms with Gasteiger partial charge in [-0.25, -0.2) is 4.98 Å². The van der Waals surface area contributed by atoms with Crippen LogP contribution in [-0.2, 0) is 26.5 Å². The molecule has 0 saturated carbocycles. The Bertz CT molecular complexity index is 3780. The molecule has 12 rings (SSSR count). The Kier molecular flexibility index (Phi) is 9.33. The first-order chi connectivity index (χ1) is 32.9. The summed E-state index contributed by atoms with van der Waals surface area (Å²) in [7, 11) is 0. The van der Waals surface area contributed by atoms with Crippen molar-refractivity contribution in [2.24, 2.45) is 0 Å². The molecule has 0 bridgehead atoms. The van der Waals surface area contributed by atoms with Gasteiger partial charge in [0.15, 0.2) is 0 Å². The van der Waals surface area contributed by atoms with Crippen LogP contribution in [0, 0.1) is 25.7 Å². The number of aryl methyl sites for hydroxylation is 1. The Labute approximate surface area is 402 Å². The summed E-state index contributed by atoms with van der Waals surface area (Å²) < 4.78 is 41.1. The van der Waals surface area contributed by atoms with Crippen LogP contribution < -0.4 is 14.5 Å². The largest absolute Gasteiger partial charge is 0.509 e. The van der Waals surface area contributed by atoms with Crippen molar-refractivity contribution in [1.29, 1.82) is 0 Å². The predicted octanol–water partition coefficient (Wildman–Crippen LogP) is 15.8. The topological polar surface area (TPSA) is 46.7 Å². The van der Waals surface area contributed by atoms with E-state index in [1.54, 1.807) is 12.3 Å². The number of nitrogens with zero attached hydrogens (tertiary/aromatic N) is 4. The molecule has 0 amide bonds. The summed E-state index contributed by atoms with van der Waals surface area (Å²) in [4.78, 5) is 9.34. The minimum atomic E-state index is -2.45. The van der Waals surface area contributed by atoms with Crippen LogP contribution in [0.5, 0.6) is 11.5 Å². The summed E-state index contributed by atoms with van der Waals surface area (Å²) in [6.07, 6.45) is 1.68. The molecule has 66 heavy (non-hydrogen) atoms. The maximum Gasteiger partial charge on any atom is 0.136 e. The molecule has 0 N–H and O–H groups in total. The SMILES string of the molecule is [2H]C([2H])([2H])c1cc(-n2c3[c-]c(Oc4[c-]c(N5[CH-]N(c6cccc(C(C)(C)C)c6)c6ccccc65)ccc4)ccc3c3ccccc32)ncc1-c1cccc(-c2ccc3c(c2)oc2ccccc23)c1.[Pt]. The van der Waals surface area contributed by atoms with Crippen LogP contribution in [0.3, 0.4) is 0 Å². The minimum absolute atomic E-state index is 0. The second-order valence-corrected chi connectivity index (χ2v) is 17.6. The molecule has 0 radical (unpaired) electrons. The molecule has 8 aromatic carbocycles. The summed E-state index contributed by atoms with van der Waals surface area (Å²) in [6, 6.07) is 65.7. The fourth-order valence-electron chi connectivity index (χ4n) is 9.13. The van der Waals surface area contributed by atoms with E-state index in [0.29, 0.717) is 28.4 Å². The molecule has 0 aliphatic carbocycles. The first kappa shape index (κ1) is 37.9. The fraction of sp³-hybridized carbons (Fsp3) is 0.0847. The van der Waals surface area contributed by atoms with Crippen molar-refractivity contribution >= 4 is 66.5 Å². The van der Waals surface area contributed by atoms with Gasteiger partial charge >= 0.3 is 0 Å². The maximum absolute atomic E-state index is 8.78. The van der Waals surface area contributed by atoms with E-state index in [1.807, 2.05) is 108 Å². The molecular weight excluding hydrogens is 992 g/mol. The number of furan rings is 1. The predicted molar refractivity (Wildman–Crippen MR) is 266 cm³/mol. The molecule has 1 aliphatic rings. The van der Waals surface area contributed by atoms with Crippen molar-refractivity contribution in [2.75, 3.05) is 9.80 Å². The van der Waals surface area contributed by atoms with E-state index < -0.39 is 6.85 Å². The molecule has 4 heterocycles. The van der Waals surface area contributed by atoms with Crippen molar-refractivity contribution in [3.05, 3.63) is 212 Å². The van der Waals surface area contributed by atoms with Gasteiger partial charge < -0.3 is 23.5 Å². The molecule has 6 nitrogen and oxygen atoms in total. The number of fused-ring (bicyclic) bond motifs is 7. The number of ether oxygens (including phenoxy) is 1. The Hall–Kier alpha value is -7.40. The number of pyridine rings is 1. The van der Waals surface area contributed by atoms with Crippen LogP contribution in [0.2, 0.25) is 0 Å². The van der Waals surface area contributed by atoms with E-state index in [0.717, 1.165) is 77.7 Å². The zero-order valence-corrected chi connectivity index (χ0v) is 38.6. The van der Waals surface area contributed by atoms with Gasteiger partial charge in [0.25, 0.3) is 0 Å². The van der Waals surface area contributed by atoms with Crippen molar-refractivity contribution in [1.82, 2.24) is 9.55 Å². The van der Waals surface area contributed by atoms with E-state index in [-0.39, 0.29) is 32.0 Å². The second kappa shape index (κ2) is 16.2. The number of rotatable bonds is 7. The number of hydrogen-bond donors (Lipinski definition) is 0. The molecule has 3 aromatic heterocycles. The Balaban J connectivity index is 0.00000520. The Morgan fingerprint density at radius 2 is 1.32 bits per heavy atom. The van der Waals surface area contributed by atoms with Crippen molar-refractivity contribution in [3.63, 3.8) is 0 Å². The van der Waals surface area contributed by atoms with Crippen LogP contribution >= 0.6 is 0 Å². The number of anilines is 4. The second-order valence-electron chi connectivity index (χ2n) is 17.6. The van der Waals surface area contributed by atoms with Gasteiger partial charge in [0, 0.05) is 81.8 Å². The average molecular weight is 1040 g/mol. The van der Waals surface area contributed by atoms with Gasteiger partial charge in [0.05, 0.1) is 0 Å². The average Bonchev–Trinajstić information content (AvgIpc) is 4.03. The van der Waals surface area contributed by atoms with E-state index in [1.165, 1.54) is 5.56 Å². The normalized spacial score (nSPS) is 13.5. The van der Waals surface area contributed by atoms with Gasteiger partial charge in [-0.15, -0.1) is 48.1 Å². The van der Waals surface area contributed by atoms with Crippen molar-refractivity contribution < 1.29 is 34.3 Å². The van der Waals surface area contributed by atoms with E-state index in [9.17, 15) is 0 Å². The number of hydrogen-bond acceptors (Lipinski definition) is 5. The van der Waals surface area contributed by atoms with Gasteiger partial charge in [-0.2, -0.15) is 12.1 Å². The monoisotopic (exact) mass is 1040 g/mol. The molecule has 0 spiro atoms.